The first kappa shape index (κ1) is 26.9. The number of amides is 2. The molecule has 0 saturated heterocycles. The zero-order valence-electron chi connectivity index (χ0n) is 20.9. The topological polar surface area (TPSA) is 89.0 Å². The van der Waals surface area contributed by atoms with E-state index in [2.05, 4.69) is 56.0 Å². The molecule has 0 fully saturated rings. The quantitative estimate of drug-likeness (QED) is 0.180. The first-order chi connectivity index (χ1) is 18.5. The number of nitrogens with zero attached hydrogens (tertiary/aromatic N) is 1. The molecule has 0 saturated carbocycles. The Labute approximate surface area is 230 Å². The number of benzene rings is 4. The molecule has 0 aliphatic heterocycles. The molecule has 38 heavy (non-hydrogen) atoms. The zero-order valence-corrected chi connectivity index (χ0v) is 22.5. The maximum atomic E-state index is 12.8. The van der Waals surface area contributed by atoms with Crippen molar-refractivity contribution in [3.05, 3.63) is 112 Å². The minimum absolute atomic E-state index is 0.209. The molecule has 0 radical (unpaired) electrons. The van der Waals surface area contributed by atoms with Crippen molar-refractivity contribution >= 4 is 44.9 Å². The van der Waals surface area contributed by atoms with Crippen molar-refractivity contribution in [2.24, 2.45) is 5.10 Å². The van der Waals surface area contributed by atoms with Crippen LogP contribution in [-0.4, -0.2) is 30.9 Å². The van der Waals surface area contributed by atoms with Crippen LogP contribution in [0.5, 0.6) is 5.75 Å². The van der Waals surface area contributed by atoms with E-state index in [0.29, 0.717) is 18.8 Å². The summed E-state index contributed by atoms with van der Waals surface area (Å²) in [5.74, 6) is 0.243. The van der Waals surface area contributed by atoms with Gasteiger partial charge in [0.15, 0.2) is 0 Å². The Morgan fingerprint density at radius 2 is 1.74 bits per heavy atom. The molecule has 0 spiro atoms. The molecular formula is C30H28BrN3O4. The van der Waals surface area contributed by atoms with E-state index in [1.54, 1.807) is 6.92 Å². The highest BCUT2D eigenvalue weighted by atomic mass is 79.9. The van der Waals surface area contributed by atoms with E-state index in [-0.39, 0.29) is 6.61 Å². The summed E-state index contributed by atoms with van der Waals surface area (Å²) < 4.78 is 11.8. The summed E-state index contributed by atoms with van der Waals surface area (Å²) >= 11 is 3.56. The average Bonchev–Trinajstić information content (AvgIpc) is 2.93. The number of hydrogen-bond acceptors (Lipinski definition) is 5. The van der Waals surface area contributed by atoms with Gasteiger partial charge in [0.2, 0.25) is 0 Å². The van der Waals surface area contributed by atoms with Gasteiger partial charge in [-0.25, -0.2) is 10.2 Å². The number of nitrogens with one attached hydrogen (secondary N) is 2. The molecule has 4 rings (SSSR count). The second-order valence-corrected chi connectivity index (χ2v) is 9.31. The van der Waals surface area contributed by atoms with Crippen LogP contribution < -0.4 is 15.5 Å². The second-order valence-electron chi connectivity index (χ2n) is 8.46. The number of carbonyl (C=O) groups is 2. The average molecular weight is 574 g/mol. The van der Waals surface area contributed by atoms with Crippen LogP contribution in [0.25, 0.3) is 10.8 Å². The van der Waals surface area contributed by atoms with Gasteiger partial charge in [0.25, 0.3) is 5.91 Å². The van der Waals surface area contributed by atoms with E-state index < -0.39 is 18.0 Å². The van der Waals surface area contributed by atoms with Crippen LogP contribution in [0.15, 0.2) is 101 Å². The summed E-state index contributed by atoms with van der Waals surface area (Å²) in [6.45, 7) is 2.34. The Hall–Kier alpha value is -4.17. The molecule has 1 atom stereocenters. The Morgan fingerprint density at radius 3 is 2.53 bits per heavy atom. The smallest absolute Gasteiger partial charge is 0.407 e. The van der Waals surface area contributed by atoms with Crippen molar-refractivity contribution in [2.45, 2.75) is 26.0 Å². The number of fused-ring (bicyclic) bond motifs is 1. The highest BCUT2D eigenvalue weighted by Gasteiger charge is 2.21. The number of carbonyl (C=O) groups excluding carboxylic acids is 2. The van der Waals surface area contributed by atoms with E-state index >= 15 is 0 Å². The Morgan fingerprint density at radius 1 is 0.974 bits per heavy atom. The van der Waals surface area contributed by atoms with Crippen molar-refractivity contribution in [3.63, 3.8) is 0 Å². The van der Waals surface area contributed by atoms with Gasteiger partial charge in [-0.15, -0.1) is 0 Å². The van der Waals surface area contributed by atoms with E-state index in [4.69, 9.17) is 9.47 Å². The minimum atomic E-state index is -0.842. The lowest BCUT2D eigenvalue weighted by atomic mass is 10.1. The van der Waals surface area contributed by atoms with Crippen molar-refractivity contribution in [2.75, 3.05) is 6.61 Å². The van der Waals surface area contributed by atoms with Crippen molar-refractivity contribution in [1.29, 1.82) is 0 Å². The number of hydrazone groups is 1. The van der Waals surface area contributed by atoms with Crippen LogP contribution >= 0.6 is 15.9 Å². The summed E-state index contributed by atoms with van der Waals surface area (Å²) in [5, 5.41) is 9.01. The fourth-order valence-electron chi connectivity index (χ4n) is 3.91. The summed E-state index contributed by atoms with van der Waals surface area (Å²) in [4.78, 5) is 24.7. The van der Waals surface area contributed by atoms with Gasteiger partial charge in [-0.3, -0.25) is 4.79 Å². The van der Waals surface area contributed by atoms with Crippen LogP contribution in [-0.2, 0) is 22.6 Å². The Kier molecular flexibility index (Phi) is 9.48. The summed E-state index contributed by atoms with van der Waals surface area (Å²) in [7, 11) is 0. The van der Waals surface area contributed by atoms with Crippen LogP contribution in [0.3, 0.4) is 0 Å². The lowest BCUT2D eigenvalue weighted by Crippen LogP contribution is -2.47. The lowest BCUT2D eigenvalue weighted by molar-refractivity contribution is -0.123. The van der Waals surface area contributed by atoms with E-state index in [9.17, 15) is 9.59 Å². The predicted octanol–water partition coefficient (Wildman–Crippen LogP) is 5.99. The van der Waals surface area contributed by atoms with Gasteiger partial charge in [-0.05, 0) is 68.5 Å². The van der Waals surface area contributed by atoms with E-state index in [1.165, 1.54) is 11.6 Å². The number of alkyl carbamates (subject to hydrolysis) is 1. The fraction of sp³-hybridized carbons (Fsp3) is 0.167. The zero-order chi connectivity index (χ0) is 26.7. The van der Waals surface area contributed by atoms with Gasteiger partial charge in [0.05, 0.1) is 17.3 Å². The molecule has 0 aliphatic rings. The molecule has 0 unspecified atom stereocenters. The maximum Gasteiger partial charge on any atom is 0.407 e. The number of rotatable bonds is 10. The van der Waals surface area contributed by atoms with Gasteiger partial charge >= 0.3 is 6.09 Å². The first-order valence-electron chi connectivity index (χ1n) is 12.2. The van der Waals surface area contributed by atoms with Crippen LogP contribution in [0, 0.1) is 0 Å². The molecule has 4 aromatic rings. The monoisotopic (exact) mass is 573 g/mol. The third-order valence-corrected chi connectivity index (χ3v) is 6.39. The molecule has 0 aromatic heterocycles. The SMILES string of the molecule is CCOC(=O)N[C@H](Cc1ccccc1)C(=O)N/N=C\c1ccc(OCc2cccc3ccccc23)c(Br)c1. The van der Waals surface area contributed by atoms with Gasteiger partial charge in [0, 0.05) is 6.42 Å². The van der Waals surface area contributed by atoms with E-state index in [1.807, 2.05) is 66.7 Å². The fourth-order valence-corrected chi connectivity index (χ4v) is 4.42. The maximum absolute atomic E-state index is 12.8. The number of ether oxygens (including phenoxy) is 2. The van der Waals surface area contributed by atoms with Crippen molar-refractivity contribution in [3.8, 4) is 5.75 Å². The molecule has 2 N–H and O–H groups in total. The molecule has 2 amide bonds. The molecule has 194 valence electrons. The van der Waals surface area contributed by atoms with Crippen LogP contribution in [0.4, 0.5) is 4.79 Å². The number of halogens is 1. The third kappa shape index (κ3) is 7.43. The van der Waals surface area contributed by atoms with Crippen molar-refractivity contribution < 1.29 is 19.1 Å². The molecule has 4 aromatic carbocycles. The first-order valence-corrected chi connectivity index (χ1v) is 13.0. The normalized spacial score (nSPS) is 11.7. The van der Waals surface area contributed by atoms with Crippen LogP contribution in [0.1, 0.15) is 23.6 Å². The predicted molar refractivity (Wildman–Crippen MR) is 152 cm³/mol. The highest BCUT2D eigenvalue weighted by Crippen LogP contribution is 2.27. The summed E-state index contributed by atoms with van der Waals surface area (Å²) in [6, 6.07) is 28.5. The van der Waals surface area contributed by atoms with Crippen LogP contribution in [0.2, 0.25) is 0 Å². The van der Waals surface area contributed by atoms with E-state index in [0.717, 1.165) is 26.5 Å². The Balaban J connectivity index is 1.37. The highest BCUT2D eigenvalue weighted by molar-refractivity contribution is 9.10. The molecule has 0 aliphatic carbocycles. The molecule has 8 heteroatoms. The lowest BCUT2D eigenvalue weighted by Gasteiger charge is -2.16. The second kappa shape index (κ2) is 13.4. The van der Waals surface area contributed by atoms with Gasteiger partial charge in [-0.2, -0.15) is 5.10 Å². The summed E-state index contributed by atoms with van der Waals surface area (Å²) in [6.07, 6.45) is 1.17. The molecule has 0 bridgehead atoms. The van der Waals surface area contributed by atoms with Gasteiger partial charge in [-0.1, -0.05) is 72.8 Å². The molecule has 0 heterocycles. The molecule has 7 nitrogen and oxygen atoms in total. The largest absolute Gasteiger partial charge is 0.488 e. The van der Waals surface area contributed by atoms with Crippen molar-refractivity contribution in [1.82, 2.24) is 10.7 Å². The minimum Gasteiger partial charge on any atom is -0.488 e. The standard InChI is InChI=1S/C30H28BrN3O4/c1-2-37-30(36)33-27(18-21-9-4-3-5-10-21)29(35)34-32-19-22-15-16-28(26(31)17-22)38-20-24-13-8-12-23-11-6-7-14-25(23)24/h3-17,19,27H,2,18,20H2,1H3,(H,33,36)(H,34,35)/b32-19-/t27-/m1/s1. The third-order valence-electron chi connectivity index (χ3n) is 5.77. The van der Waals surface area contributed by atoms with Gasteiger partial charge in [0.1, 0.15) is 18.4 Å². The number of hydrogen-bond donors (Lipinski definition) is 2. The molecular weight excluding hydrogens is 546 g/mol. The van der Waals surface area contributed by atoms with Gasteiger partial charge < -0.3 is 14.8 Å². The Bertz CT molecular complexity index is 1420. The summed E-state index contributed by atoms with van der Waals surface area (Å²) in [5.41, 5.74) is 5.27.